The molecule has 2 rings (SSSR count). The maximum absolute atomic E-state index is 11.0. The topological polar surface area (TPSA) is 72.0 Å². The second kappa shape index (κ2) is 8.26. The Morgan fingerprint density at radius 3 is 2.95 bits per heavy atom. The Kier molecular flexibility index (Phi) is 6.06. The van der Waals surface area contributed by atoms with Crippen molar-refractivity contribution >= 4 is 11.9 Å². The van der Waals surface area contributed by atoms with Crippen molar-refractivity contribution in [2.75, 3.05) is 33.9 Å². The van der Waals surface area contributed by atoms with Crippen LogP contribution in [0.1, 0.15) is 17.5 Å². The summed E-state index contributed by atoms with van der Waals surface area (Å²) in [4.78, 5) is 15.2. The molecule has 120 valence electrons. The van der Waals surface area contributed by atoms with Crippen molar-refractivity contribution in [3.63, 3.8) is 0 Å². The number of methoxy groups -OCH3 is 1. The van der Waals surface area contributed by atoms with Gasteiger partial charge in [0.15, 0.2) is 5.96 Å². The Hall–Kier alpha value is -2.24. The fourth-order valence-corrected chi connectivity index (χ4v) is 2.33. The van der Waals surface area contributed by atoms with Crippen molar-refractivity contribution in [2.45, 2.75) is 19.3 Å². The number of carbonyl (C=O) groups excluding carboxylic acids is 1. The van der Waals surface area contributed by atoms with E-state index in [1.54, 1.807) is 7.05 Å². The van der Waals surface area contributed by atoms with Crippen LogP contribution >= 0.6 is 0 Å². The Morgan fingerprint density at radius 2 is 2.18 bits per heavy atom. The van der Waals surface area contributed by atoms with Crippen LogP contribution in [0, 0.1) is 0 Å². The molecule has 0 radical (unpaired) electrons. The van der Waals surface area contributed by atoms with Crippen LogP contribution in [0.25, 0.3) is 0 Å². The first-order chi connectivity index (χ1) is 10.7. The summed E-state index contributed by atoms with van der Waals surface area (Å²) in [6, 6.07) is 6.35. The number of guanidine groups is 1. The first kappa shape index (κ1) is 16.1. The fourth-order valence-electron chi connectivity index (χ4n) is 2.33. The second-order valence-corrected chi connectivity index (χ2v) is 5.04. The molecule has 1 aromatic carbocycles. The zero-order chi connectivity index (χ0) is 15.8. The van der Waals surface area contributed by atoms with Gasteiger partial charge in [0.25, 0.3) is 0 Å². The van der Waals surface area contributed by atoms with E-state index in [-0.39, 0.29) is 5.97 Å². The molecule has 1 aliphatic rings. The van der Waals surface area contributed by atoms with E-state index < -0.39 is 0 Å². The summed E-state index contributed by atoms with van der Waals surface area (Å²) in [5.41, 5.74) is 2.57. The standard InChI is InChI=1S/C16H23N3O3/c1-17-16(19-9-6-15(20)21-2)18-8-5-12-3-4-14-13(11-12)7-10-22-14/h3-4,11H,5-10H2,1-2H3,(H2,17,18,19). The molecular weight excluding hydrogens is 282 g/mol. The lowest BCUT2D eigenvalue weighted by molar-refractivity contribution is -0.140. The van der Waals surface area contributed by atoms with Crippen LogP contribution < -0.4 is 15.4 Å². The van der Waals surface area contributed by atoms with Crippen molar-refractivity contribution < 1.29 is 14.3 Å². The SMILES string of the molecule is CN=C(NCCC(=O)OC)NCCc1ccc2c(c1)CCO2. The Bertz CT molecular complexity index is 543. The largest absolute Gasteiger partial charge is 0.493 e. The van der Waals surface area contributed by atoms with Gasteiger partial charge in [-0.05, 0) is 23.6 Å². The first-order valence-corrected chi connectivity index (χ1v) is 7.49. The lowest BCUT2D eigenvalue weighted by Gasteiger charge is -2.11. The minimum atomic E-state index is -0.233. The lowest BCUT2D eigenvalue weighted by Crippen LogP contribution is -2.39. The van der Waals surface area contributed by atoms with Crippen molar-refractivity contribution in [3.05, 3.63) is 29.3 Å². The predicted molar refractivity (Wildman–Crippen MR) is 85.3 cm³/mol. The average molecular weight is 305 g/mol. The number of esters is 1. The summed E-state index contributed by atoms with van der Waals surface area (Å²) in [6.45, 7) is 2.06. The maximum Gasteiger partial charge on any atom is 0.307 e. The van der Waals surface area contributed by atoms with Gasteiger partial charge in [0.2, 0.25) is 0 Å². The summed E-state index contributed by atoms with van der Waals surface area (Å²) >= 11 is 0. The molecule has 0 atom stereocenters. The van der Waals surface area contributed by atoms with E-state index in [0.717, 1.165) is 31.7 Å². The number of ether oxygens (including phenoxy) is 2. The van der Waals surface area contributed by atoms with Gasteiger partial charge in [-0.1, -0.05) is 12.1 Å². The van der Waals surface area contributed by atoms with E-state index in [1.807, 2.05) is 6.07 Å². The quantitative estimate of drug-likeness (QED) is 0.464. The monoisotopic (exact) mass is 305 g/mol. The van der Waals surface area contributed by atoms with Gasteiger partial charge in [0.05, 0.1) is 20.1 Å². The molecule has 0 aromatic heterocycles. The van der Waals surface area contributed by atoms with E-state index in [0.29, 0.717) is 18.9 Å². The number of benzene rings is 1. The molecule has 0 amide bonds. The van der Waals surface area contributed by atoms with Gasteiger partial charge in [-0.2, -0.15) is 0 Å². The number of rotatable bonds is 6. The zero-order valence-electron chi connectivity index (χ0n) is 13.1. The third-order valence-electron chi connectivity index (χ3n) is 3.53. The number of hydrogen-bond acceptors (Lipinski definition) is 4. The molecule has 6 nitrogen and oxygen atoms in total. The number of carbonyl (C=O) groups is 1. The molecular formula is C16H23N3O3. The summed E-state index contributed by atoms with van der Waals surface area (Å²) in [6.07, 6.45) is 2.22. The molecule has 1 aromatic rings. The summed E-state index contributed by atoms with van der Waals surface area (Å²) in [7, 11) is 3.09. The van der Waals surface area contributed by atoms with Crippen molar-refractivity contribution in [1.82, 2.24) is 10.6 Å². The minimum Gasteiger partial charge on any atom is -0.493 e. The molecule has 0 saturated carbocycles. The van der Waals surface area contributed by atoms with Gasteiger partial charge in [0, 0.05) is 26.6 Å². The third-order valence-corrected chi connectivity index (χ3v) is 3.53. The molecule has 1 aliphatic heterocycles. The smallest absolute Gasteiger partial charge is 0.307 e. The van der Waals surface area contributed by atoms with Gasteiger partial charge in [-0.25, -0.2) is 0 Å². The molecule has 0 saturated heterocycles. The van der Waals surface area contributed by atoms with Gasteiger partial charge in [-0.15, -0.1) is 0 Å². The van der Waals surface area contributed by atoms with E-state index in [2.05, 4.69) is 32.5 Å². The molecule has 0 unspecified atom stereocenters. The normalized spacial score (nSPS) is 13.3. The predicted octanol–water partition coefficient (Wildman–Crippen LogP) is 0.892. The van der Waals surface area contributed by atoms with Crippen molar-refractivity contribution in [3.8, 4) is 5.75 Å². The van der Waals surface area contributed by atoms with Crippen LogP contribution in [0.3, 0.4) is 0 Å². The van der Waals surface area contributed by atoms with Gasteiger partial charge in [-0.3, -0.25) is 9.79 Å². The molecule has 6 heteroatoms. The van der Waals surface area contributed by atoms with Crippen LogP contribution in [0.15, 0.2) is 23.2 Å². The van der Waals surface area contributed by atoms with E-state index in [9.17, 15) is 4.79 Å². The van der Waals surface area contributed by atoms with Crippen molar-refractivity contribution in [1.29, 1.82) is 0 Å². The van der Waals surface area contributed by atoms with Crippen LogP contribution in [0.5, 0.6) is 5.75 Å². The Morgan fingerprint density at radius 1 is 1.36 bits per heavy atom. The molecule has 0 spiro atoms. The van der Waals surface area contributed by atoms with Crippen LogP contribution in [-0.4, -0.2) is 45.8 Å². The maximum atomic E-state index is 11.0. The molecule has 0 aliphatic carbocycles. The highest BCUT2D eigenvalue weighted by Gasteiger charge is 2.11. The fraction of sp³-hybridized carbons (Fsp3) is 0.500. The summed E-state index contributed by atoms with van der Waals surface area (Å²) in [5, 5.41) is 6.31. The highest BCUT2D eigenvalue weighted by molar-refractivity contribution is 5.80. The highest BCUT2D eigenvalue weighted by Crippen LogP contribution is 2.25. The minimum absolute atomic E-state index is 0.233. The number of fused-ring (bicyclic) bond motifs is 1. The van der Waals surface area contributed by atoms with Crippen molar-refractivity contribution in [2.24, 2.45) is 4.99 Å². The van der Waals surface area contributed by atoms with E-state index >= 15 is 0 Å². The Labute approximate surface area is 130 Å². The van der Waals surface area contributed by atoms with Crippen LogP contribution in [0.4, 0.5) is 0 Å². The third kappa shape index (κ3) is 4.65. The van der Waals surface area contributed by atoms with Crippen LogP contribution in [-0.2, 0) is 22.4 Å². The Balaban J connectivity index is 1.71. The zero-order valence-corrected chi connectivity index (χ0v) is 13.1. The first-order valence-electron chi connectivity index (χ1n) is 7.49. The van der Waals surface area contributed by atoms with Gasteiger partial charge >= 0.3 is 5.97 Å². The number of nitrogens with one attached hydrogen (secondary N) is 2. The van der Waals surface area contributed by atoms with Gasteiger partial charge in [0.1, 0.15) is 5.75 Å². The molecule has 0 bridgehead atoms. The number of nitrogens with zero attached hydrogens (tertiary/aromatic N) is 1. The molecule has 2 N–H and O–H groups in total. The van der Waals surface area contributed by atoms with E-state index in [1.165, 1.54) is 18.2 Å². The number of hydrogen-bond donors (Lipinski definition) is 2. The molecule has 22 heavy (non-hydrogen) atoms. The second-order valence-electron chi connectivity index (χ2n) is 5.04. The molecule has 1 heterocycles. The summed E-state index contributed by atoms with van der Waals surface area (Å²) < 4.78 is 10.1. The molecule has 0 fully saturated rings. The average Bonchev–Trinajstić information content (AvgIpc) is 3.00. The van der Waals surface area contributed by atoms with Crippen LogP contribution in [0.2, 0.25) is 0 Å². The number of aliphatic imine (C=N–C) groups is 1. The summed E-state index contributed by atoms with van der Waals surface area (Å²) in [5.74, 6) is 1.47. The lowest BCUT2D eigenvalue weighted by atomic mass is 10.1. The highest BCUT2D eigenvalue weighted by atomic mass is 16.5. The van der Waals surface area contributed by atoms with Gasteiger partial charge < -0.3 is 20.1 Å². The van der Waals surface area contributed by atoms with E-state index in [4.69, 9.17) is 4.74 Å².